The van der Waals surface area contributed by atoms with Crippen molar-refractivity contribution in [1.29, 1.82) is 0 Å². The Hall–Kier alpha value is -2.23. The Morgan fingerprint density at radius 1 is 1.37 bits per heavy atom. The highest BCUT2D eigenvalue weighted by Gasteiger charge is 2.19. The van der Waals surface area contributed by atoms with Gasteiger partial charge in [-0.25, -0.2) is 9.07 Å². The fraction of sp³-hybridized carbons (Fsp3) is 0.471. The van der Waals surface area contributed by atoms with Crippen LogP contribution in [-0.4, -0.2) is 54.3 Å². The molecule has 8 nitrogen and oxygen atoms in total. The second-order valence-electron chi connectivity index (χ2n) is 6.01. The van der Waals surface area contributed by atoms with Gasteiger partial charge in [-0.15, -0.1) is 17.5 Å². The lowest BCUT2D eigenvalue weighted by Crippen LogP contribution is -2.29. The summed E-state index contributed by atoms with van der Waals surface area (Å²) in [4.78, 5) is 12.3. The first kappa shape index (κ1) is 21.1. The van der Waals surface area contributed by atoms with Crippen LogP contribution in [0.25, 0.3) is 0 Å². The third kappa shape index (κ3) is 5.62. The maximum Gasteiger partial charge on any atom is 0.277 e. The predicted molar refractivity (Wildman–Crippen MR) is 100 cm³/mol. The number of nitrogens with one attached hydrogen (secondary N) is 2. The summed E-state index contributed by atoms with van der Waals surface area (Å²) in [5.41, 5.74) is 0.521. The molecule has 1 aromatic carbocycles. The van der Waals surface area contributed by atoms with Crippen LogP contribution in [0.1, 0.15) is 29.4 Å². The molecule has 10 heteroatoms. The van der Waals surface area contributed by atoms with Crippen LogP contribution in [0.3, 0.4) is 0 Å². The number of rotatable bonds is 7. The van der Waals surface area contributed by atoms with Crippen molar-refractivity contribution in [2.75, 3.05) is 38.7 Å². The highest BCUT2D eigenvalue weighted by Crippen LogP contribution is 2.22. The predicted octanol–water partition coefficient (Wildman–Crippen LogP) is 2.04. The molecule has 1 saturated heterocycles. The Kier molecular flexibility index (Phi) is 7.96. The van der Waals surface area contributed by atoms with Gasteiger partial charge in [0.15, 0.2) is 17.3 Å². The second-order valence-corrected chi connectivity index (χ2v) is 6.01. The van der Waals surface area contributed by atoms with Crippen LogP contribution in [0, 0.1) is 5.82 Å². The zero-order valence-electron chi connectivity index (χ0n) is 15.0. The Morgan fingerprint density at radius 3 is 2.85 bits per heavy atom. The van der Waals surface area contributed by atoms with E-state index in [4.69, 9.17) is 9.47 Å². The number of hydrogen-bond donors (Lipinski definition) is 2. The van der Waals surface area contributed by atoms with Gasteiger partial charge in [-0.1, -0.05) is 5.21 Å². The van der Waals surface area contributed by atoms with Crippen LogP contribution in [-0.2, 0) is 4.74 Å². The molecule has 2 aromatic rings. The van der Waals surface area contributed by atoms with Gasteiger partial charge in [-0.3, -0.25) is 4.79 Å². The highest BCUT2D eigenvalue weighted by atomic mass is 35.5. The lowest BCUT2D eigenvalue weighted by Gasteiger charge is -2.22. The average Bonchev–Trinajstić information content (AvgIpc) is 3.15. The first-order valence-electron chi connectivity index (χ1n) is 8.52. The van der Waals surface area contributed by atoms with Crippen molar-refractivity contribution in [3.63, 3.8) is 0 Å². The lowest BCUT2D eigenvalue weighted by atomic mass is 10.1. The van der Waals surface area contributed by atoms with Crippen molar-refractivity contribution in [3.8, 4) is 5.75 Å². The molecule has 0 saturated carbocycles. The number of aromatic nitrogens is 3. The molecule has 1 aliphatic rings. The van der Waals surface area contributed by atoms with Gasteiger partial charge >= 0.3 is 0 Å². The van der Waals surface area contributed by atoms with Crippen LogP contribution in [0.5, 0.6) is 5.75 Å². The SMILES string of the molecule is COCCOc1ccc(NC(=O)c2cn(C3CCNCC3)nn2)cc1F.Cl. The molecule has 1 fully saturated rings. The number of benzene rings is 1. The number of nitrogens with zero attached hydrogens (tertiary/aromatic N) is 3. The molecule has 1 aromatic heterocycles. The van der Waals surface area contributed by atoms with Gasteiger partial charge in [0.2, 0.25) is 0 Å². The van der Waals surface area contributed by atoms with Gasteiger partial charge < -0.3 is 20.1 Å². The first-order valence-corrected chi connectivity index (χ1v) is 8.52. The maximum atomic E-state index is 14.0. The number of carbonyl (C=O) groups is 1. The van der Waals surface area contributed by atoms with Crippen molar-refractivity contribution in [2.24, 2.45) is 0 Å². The van der Waals surface area contributed by atoms with Gasteiger partial charge in [0, 0.05) is 18.9 Å². The zero-order valence-corrected chi connectivity index (χ0v) is 15.8. The molecule has 0 atom stereocenters. The Balaban J connectivity index is 0.00000261. The zero-order chi connectivity index (χ0) is 18.4. The number of carbonyl (C=O) groups excluding carboxylic acids is 1. The third-order valence-electron chi connectivity index (χ3n) is 4.16. The topological polar surface area (TPSA) is 90.3 Å². The van der Waals surface area contributed by atoms with Crippen molar-refractivity contribution in [1.82, 2.24) is 20.3 Å². The molecular weight excluding hydrogens is 377 g/mol. The minimum absolute atomic E-state index is 0. The average molecular weight is 400 g/mol. The highest BCUT2D eigenvalue weighted by molar-refractivity contribution is 6.02. The van der Waals surface area contributed by atoms with Crippen LogP contribution < -0.4 is 15.4 Å². The van der Waals surface area contributed by atoms with Crippen molar-refractivity contribution < 1.29 is 18.7 Å². The van der Waals surface area contributed by atoms with Crippen molar-refractivity contribution in [3.05, 3.63) is 35.9 Å². The van der Waals surface area contributed by atoms with E-state index in [9.17, 15) is 9.18 Å². The Labute approximate surface area is 162 Å². The molecule has 3 rings (SSSR count). The molecule has 0 aliphatic carbocycles. The Bertz CT molecular complexity index is 752. The van der Waals surface area contributed by atoms with E-state index in [-0.39, 0.29) is 36.5 Å². The van der Waals surface area contributed by atoms with Crippen LogP contribution in [0.2, 0.25) is 0 Å². The summed E-state index contributed by atoms with van der Waals surface area (Å²) >= 11 is 0. The smallest absolute Gasteiger partial charge is 0.277 e. The molecule has 0 bridgehead atoms. The molecule has 0 spiro atoms. The third-order valence-corrected chi connectivity index (χ3v) is 4.16. The summed E-state index contributed by atoms with van der Waals surface area (Å²) in [5, 5.41) is 13.9. The van der Waals surface area contributed by atoms with E-state index < -0.39 is 11.7 Å². The van der Waals surface area contributed by atoms with E-state index in [0.29, 0.717) is 12.3 Å². The molecule has 1 aliphatic heterocycles. The molecular formula is C17H23ClFN5O3. The second kappa shape index (κ2) is 10.2. The number of hydrogen-bond acceptors (Lipinski definition) is 6. The Morgan fingerprint density at radius 2 is 2.15 bits per heavy atom. The van der Waals surface area contributed by atoms with E-state index in [1.165, 1.54) is 12.1 Å². The molecule has 1 amide bonds. The summed E-state index contributed by atoms with van der Waals surface area (Å²) in [7, 11) is 1.54. The van der Waals surface area contributed by atoms with E-state index in [1.54, 1.807) is 24.1 Å². The van der Waals surface area contributed by atoms with Crippen LogP contribution in [0.4, 0.5) is 10.1 Å². The summed E-state index contributed by atoms with van der Waals surface area (Å²) in [6, 6.07) is 4.48. The van der Waals surface area contributed by atoms with Gasteiger partial charge in [0.25, 0.3) is 5.91 Å². The van der Waals surface area contributed by atoms with E-state index >= 15 is 0 Å². The number of ether oxygens (including phenoxy) is 2. The summed E-state index contributed by atoms with van der Waals surface area (Å²) < 4.78 is 25.8. The number of anilines is 1. The normalized spacial score (nSPS) is 14.4. The molecule has 2 heterocycles. The largest absolute Gasteiger partial charge is 0.488 e. The maximum absolute atomic E-state index is 14.0. The van der Waals surface area contributed by atoms with Gasteiger partial charge in [0.1, 0.15) is 6.61 Å². The van der Waals surface area contributed by atoms with Crippen molar-refractivity contribution in [2.45, 2.75) is 18.9 Å². The standard InChI is InChI=1S/C17H22FN5O3.ClH/c1-25-8-9-26-16-3-2-12(10-14(16)18)20-17(24)15-11-23(22-21-15)13-4-6-19-7-5-13;/h2-3,10-11,13,19H,4-9H2,1H3,(H,20,24);1H. The van der Waals surface area contributed by atoms with E-state index in [0.717, 1.165) is 25.9 Å². The monoisotopic (exact) mass is 399 g/mol. The van der Waals surface area contributed by atoms with Gasteiger partial charge in [-0.05, 0) is 38.1 Å². The quantitative estimate of drug-likeness (QED) is 0.692. The van der Waals surface area contributed by atoms with Crippen LogP contribution in [0.15, 0.2) is 24.4 Å². The minimum atomic E-state index is -0.558. The number of piperidine rings is 1. The van der Waals surface area contributed by atoms with E-state index in [2.05, 4.69) is 20.9 Å². The molecule has 2 N–H and O–H groups in total. The number of methoxy groups -OCH3 is 1. The summed E-state index contributed by atoms with van der Waals surface area (Å²) in [6.45, 7) is 2.46. The molecule has 0 radical (unpaired) electrons. The van der Waals surface area contributed by atoms with Crippen LogP contribution >= 0.6 is 12.4 Å². The number of halogens is 2. The fourth-order valence-electron chi connectivity index (χ4n) is 2.76. The van der Waals surface area contributed by atoms with Gasteiger partial charge in [-0.2, -0.15) is 0 Å². The molecule has 0 unspecified atom stereocenters. The van der Waals surface area contributed by atoms with Crippen molar-refractivity contribution >= 4 is 24.0 Å². The molecule has 148 valence electrons. The van der Waals surface area contributed by atoms with E-state index in [1.807, 2.05) is 0 Å². The number of amides is 1. The first-order chi connectivity index (χ1) is 12.7. The minimum Gasteiger partial charge on any atom is -0.488 e. The molecule has 27 heavy (non-hydrogen) atoms. The lowest BCUT2D eigenvalue weighted by molar-refractivity contribution is 0.102. The van der Waals surface area contributed by atoms with Gasteiger partial charge in [0.05, 0.1) is 18.8 Å². The summed E-state index contributed by atoms with van der Waals surface area (Å²) in [6.07, 6.45) is 3.52. The fourth-order valence-corrected chi connectivity index (χ4v) is 2.76. The summed E-state index contributed by atoms with van der Waals surface area (Å²) in [5.74, 6) is -0.883.